The molecule has 0 atom stereocenters. The smallest absolute Gasteiger partial charge is 0.124 e. The summed E-state index contributed by atoms with van der Waals surface area (Å²) in [6, 6.07) is 22.9. The van der Waals surface area contributed by atoms with E-state index in [0.29, 0.717) is 6.42 Å². The van der Waals surface area contributed by atoms with Crippen molar-refractivity contribution < 1.29 is 4.79 Å². The minimum Gasteiger partial charge on any atom is -0.353 e. The Balaban J connectivity index is 1.76. The molecule has 0 aliphatic carbocycles. The van der Waals surface area contributed by atoms with Crippen LogP contribution in [-0.2, 0) is 11.2 Å². The summed E-state index contributed by atoms with van der Waals surface area (Å²) in [4.78, 5) is 13.1. The molecule has 112 valence electrons. The van der Waals surface area contributed by atoms with Gasteiger partial charge in [0.15, 0.2) is 0 Å². The molecule has 3 aromatic carbocycles. The highest BCUT2D eigenvalue weighted by Gasteiger charge is 2.18. The van der Waals surface area contributed by atoms with Crippen LogP contribution in [0.4, 0.5) is 11.4 Å². The van der Waals surface area contributed by atoms with Crippen molar-refractivity contribution >= 4 is 29.4 Å². The second-order valence-electron chi connectivity index (χ2n) is 5.47. The Morgan fingerprint density at radius 2 is 1.65 bits per heavy atom. The normalized spacial score (nSPS) is 12.0. The number of aldehydes is 1. The van der Waals surface area contributed by atoms with Gasteiger partial charge in [-0.05, 0) is 29.3 Å². The molecule has 1 heterocycles. The second-order valence-corrected chi connectivity index (χ2v) is 6.55. The number of carbonyl (C=O) groups is 1. The van der Waals surface area contributed by atoms with E-state index in [1.165, 1.54) is 15.4 Å². The minimum atomic E-state index is 0.467. The molecule has 2 nitrogen and oxygen atoms in total. The van der Waals surface area contributed by atoms with Gasteiger partial charge < -0.3 is 10.1 Å². The van der Waals surface area contributed by atoms with Crippen molar-refractivity contribution in [1.82, 2.24) is 0 Å². The number of anilines is 2. The number of para-hydroxylation sites is 2. The SMILES string of the molecule is O=CCc1ccc(-c2cccc3c2Nc2ccccc2S3)cc1. The van der Waals surface area contributed by atoms with Crippen LogP contribution in [0.2, 0.25) is 0 Å². The lowest BCUT2D eigenvalue weighted by Crippen LogP contribution is -2.01. The van der Waals surface area contributed by atoms with E-state index in [4.69, 9.17) is 0 Å². The molecular formula is C20H15NOS. The van der Waals surface area contributed by atoms with E-state index in [9.17, 15) is 4.79 Å². The van der Waals surface area contributed by atoms with Crippen LogP contribution in [0.15, 0.2) is 76.5 Å². The molecule has 0 fully saturated rings. The van der Waals surface area contributed by atoms with Crippen LogP contribution < -0.4 is 5.32 Å². The zero-order chi connectivity index (χ0) is 15.6. The molecule has 0 aromatic heterocycles. The van der Waals surface area contributed by atoms with Gasteiger partial charge in [0.05, 0.1) is 11.4 Å². The van der Waals surface area contributed by atoms with Crippen molar-refractivity contribution in [3.8, 4) is 11.1 Å². The highest BCUT2D eigenvalue weighted by Crippen LogP contribution is 2.47. The third-order valence-electron chi connectivity index (χ3n) is 3.98. The largest absolute Gasteiger partial charge is 0.353 e. The average Bonchev–Trinajstić information content (AvgIpc) is 2.60. The fourth-order valence-corrected chi connectivity index (χ4v) is 3.84. The Bertz CT molecular complexity index is 871. The van der Waals surface area contributed by atoms with Gasteiger partial charge in [-0.25, -0.2) is 0 Å². The summed E-state index contributed by atoms with van der Waals surface area (Å²) in [7, 11) is 0. The number of nitrogens with one attached hydrogen (secondary N) is 1. The van der Waals surface area contributed by atoms with Gasteiger partial charge >= 0.3 is 0 Å². The van der Waals surface area contributed by atoms with Crippen molar-refractivity contribution in [2.75, 3.05) is 5.32 Å². The molecule has 0 spiro atoms. The molecule has 0 bridgehead atoms. The van der Waals surface area contributed by atoms with Crippen molar-refractivity contribution in [2.24, 2.45) is 0 Å². The molecule has 23 heavy (non-hydrogen) atoms. The number of hydrogen-bond donors (Lipinski definition) is 1. The minimum absolute atomic E-state index is 0.467. The molecule has 4 rings (SSSR count). The fraction of sp³-hybridized carbons (Fsp3) is 0.0500. The molecule has 0 saturated carbocycles. The van der Waals surface area contributed by atoms with Gasteiger partial charge in [0, 0.05) is 21.8 Å². The van der Waals surface area contributed by atoms with Crippen LogP contribution >= 0.6 is 11.8 Å². The van der Waals surface area contributed by atoms with Crippen LogP contribution in [0.5, 0.6) is 0 Å². The zero-order valence-corrected chi connectivity index (χ0v) is 13.3. The Hall–Kier alpha value is -2.52. The molecule has 1 aliphatic heterocycles. The standard InChI is InChI=1S/C20H15NOS/c22-13-12-14-8-10-15(11-9-14)16-4-3-7-19-20(16)21-17-5-1-2-6-18(17)23-19/h1-11,13,21H,12H2. The maximum absolute atomic E-state index is 10.6. The summed E-state index contributed by atoms with van der Waals surface area (Å²) >= 11 is 1.79. The molecule has 1 aliphatic rings. The van der Waals surface area contributed by atoms with Gasteiger partial charge in [-0.15, -0.1) is 0 Å². The first-order valence-electron chi connectivity index (χ1n) is 7.55. The lowest BCUT2D eigenvalue weighted by atomic mass is 10.0. The van der Waals surface area contributed by atoms with Crippen molar-refractivity contribution in [1.29, 1.82) is 0 Å². The van der Waals surface area contributed by atoms with Crippen molar-refractivity contribution in [3.05, 3.63) is 72.3 Å². The first-order valence-corrected chi connectivity index (χ1v) is 8.36. The van der Waals surface area contributed by atoms with Crippen LogP contribution in [0.3, 0.4) is 0 Å². The number of carbonyl (C=O) groups excluding carboxylic acids is 1. The van der Waals surface area contributed by atoms with Crippen molar-refractivity contribution in [3.63, 3.8) is 0 Å². The average molecular weight is 317 g/mol. The summed E-state index contributed by atoms with van der Waals surface area (Å²) in [5.41, 5.74) is 5.68. The Kier molecular flexibility index (Phi) is 3.64. The molecule has 0 unspecified atom stereocenters. The molecule has 0 radical (unpaired) electrons. The van der Waals surface area contributed by atoms with Gasteiger partial charge in [-0.2, -0.15) is 0 Å². The maximum atomic E-state index is 10.6. The number of hydrogen-bond acceptors (Lipinski definition) is 3. The van der Waals surface area contributed by atoms with Gasteiger partial charge in [0.25, 0.3) is 0 Å². The molecule has 0 amide bonds. The Morgan fingerprint density at radius 3 is 2.48 bits per heavy atom. The Labute approximate surface area is 139 Å². The van der Waals surface area contributed by atoms with E-state index in [-0.39, 0.29) is 0 Å². The van der Waals surface area contributed by atoms with E-state index in [0.717, 1.165) is 28.8 Å². The van der Waals surface area contributed by atoms with Crippen LogP contribution in [-0.4, -0.2) is 6.29 Å². The van der Waals surface area contributed by atoms with Crippen LogP contribution in [0.1, 0.15) is 5.56 Å². The highest BCUT2D eigenvalue weighted by atomic mass is 32.2. The van der Waals surface area contributed by atoms with Gasteiger partial charge in [-0.1, -0.05) is 60.3 Å². The summed E-state index contributed by atoms with van der Waals surface area (Å²) in [5.74, 6) is 0. The van der Waals surface area contributed by atoms with E-state index in [1.54, 1.807) is 11.8 Å². The molecule has 3 aromatic rings. The van der Waals surface area contributed by atoms with Crippen LogP contribution in [0, 0.1) is 0 Å². The van der Waals surface area contributed by atoms with E-state index in [2.05, 4.69) is 53.8 Å². The topological polar surface area (TPSA) is 29.1 Å². The van der Waals surface area contributed by atoms with Crippen LogP contribution in [0.25, 0.3) is 11.1 Å². The predicted octanol–water partition coefficient (Wildman–Crippen LogP) is 5.30. The van der Waals surface area contributed by atoms with Crippen molar-refractivity contribution in [2.45, 2.75) is 16.2 Å². The lowest BCUT2D eigenvalue weighted by molar-refractivity contribution is -0.107. The number of fused-ring (bicyclic) bond motifs is 2. The monoisotopic (exact) mass is 317 g/mol. The van der Waals surface area contributed by atoms with Gasteiger partial charge in [0.2, 0.25) is 0 Å². The first kappa shape index (κ1) is 14.1. The summed E-state index contributed by atoms with van der Waals surface area (Å²) in [6.07, 6.45) is 1.41. The fourth-order valence-electron chi connectivity index (χ4n) is 2.81. The predicted molar refractivity (Wildman–Crippen MR) is 95.5 cm³/mol. The first-order chi connectivity index (χ1) is 11.3. The molecule has 3 heteroatoms. The van der Waals surface area contributed by atoms with Gasteiger partial charge in [-0.3, -0.25) is 0 Å². The quantitative estimate of drug-likeness (QED) is 0.520. The zero-order valence-electron chi connectivity index (χ0n) is 12.5. The summed E-state index contributed by atoms with van der Waals surface area (Å²) in [5, 5.41) is 3.57. The maximum Gasteiger partial charge on any atom is 0.124 e. The second kappa shape index (κ2) is 5.94. The van der Waals surface area contributed by atoms with E-state index in [1.807, 2.05) is 18.2 Å². The summed E-state index contributed by atoms with van der Waals surface area (Å²) < 4.78 is 0. The van der Waals surface area contributed by atoms with E-state index >= 15 is 0 Å². The number of rotatable bonds is 3. The van der Waals surface area contributed by atoms with Gasteiger partial charge in [0.1, 0.15) is 6.29 Å². The molecule has 1 N–H and O–H groups in total. The molecule has 0 saturated heterocycles. The lowest BCUT2D eigenvalue weighted by Gasteiger charge is -2.23. The molecular weight excluding hydrogens is 302 g/mol. The summed E-state index contributed by atoms with van der Waals surface area (Å²) in [6.45, 7) is 0. The third kappa shape index (κ3) is 2.64. The third-order valence-corrected chi connectivity index (χ3v) is 5.11. The Morgan fingerprint density at radius 1 is 0.870 bits per heavy atom. The van der Waals surface area contributed by atoms with E-state index < -0.39 is 0 Å². The number of benzene rings is 3. The highest BCUT2D eigenvalue weighted by molar-refractivity contribution is 7.99.